The topological polar surface area (TPSA) is 25.2 Å². The van der Waals surface area contributed by atoms with Crippen molar-refractivity contribution < 1.29 is 4.42 Å². The van der Waals surface area contributed by atoms with Crippen LogP contribution in [0.25, 0.3) is 55.0 Å². The third-order valence-corrected chi connectivity index (χ3v) is 6.85. The van der Waals surface area contributed by atoms with Gasteiger partial charge in [0.2, 0.25) is 0 Å². The molecule has 0 bridgehead atoms. The van der Waals surface area contributed by atoms with Crippen LogP contribution in [-0.4, -0.2) is 0 Å². The highest BCUT2D eigenvalue weighted by Crippen LogP contribution is 2.39. The Hall–Kier alpha value is -4.82. The van der Waals surface area contributed by atoms with Gasteiger partial charge in [-0.25, -0.2) is 0 Å². The Bertz CT molecular complexity index is 1860. The molecule has 2 heteroatoms. The number of hydrogen-bond acceptors (Lipinski definition) is 2. The van der Waals surface area contributed by atoms with Gasteiger partial charge in [-0.1, -0.05) is 115 Å². The maximum absolute atomic E-state index is 6.55. The molecule has 7 aromatic rings. The molecule has 0 saturated carbocycles. The Morgan fingerprint density at radius 3 is 2.00 bits per heavy atom. The SMILES string of the molecule is c1ccc(-c2cccc3c2oc2c(Nc4cccc(-c5cccc6ccccc56)c4)cccc23)cc1. The lowest BCUT2D eigenvalue weighted by atomic mass is 9.98. The molecule has 7 rings (SSSR count). The van der Waals surface area contributed by atoms with Gasteiger partial charge in [-0.3, -0.25) is 0 Å². The molecule has 1 heterocycles. The third-order valence-electron chi connectivity index (χ3n) is 6.85. The largest absolute Gasteiger partial charge is 0.453 e. The number of furan rings is 1. The van der Waals surface area contributed by atoms with E-state index in [1.54, 1.807) is 0 Å². The average Bonchev–Trinajstić information content (AvgIpc) is 3.33. The molecule has 1 aromatic heterocycles. The predicted molar refractivity (Wildman–Crippen MR) is 152 cm³/mol. The summed E-state index contributed by atoms with van der Waals surface area (Å²) in [4.78, 5) is 0. The quantitative estimate of drug-likeness (QED) is 0.282. The van der Waals surface area contributed by atoms with Crippen molar-refractivity contribution in [1.29, 1.82) is 0 Å². The van der Waals surface area contributed by atoms with Gasteiger partial charge in [-0.15, -0.1) is 0 Å². The molecule has 0 unspecified atom stereocenters. The molecular weight excluding hydrogens is 438 g/mol. The molecule has 0 saturated heterocycles. The fourth-order valence-corrected chi connectivity index (χ4v) is 5.16. The maximum Gasteiger partial charge on any atom is 0.158 e. The molecule has 2 nitrogen and oxygen atoms in total. The first-order chi connectivity index (χ1) is 17.8. The Balaban J connectivity index is 1.33. The summed E-state index contributed by atoms with van der Waals surface area (Å²) in [7, 11) is 0. The lowest BCUT2D eigenvalue weighted by molar-refractivity contribution is 0.671. The van der Waals surface area contributed by atoms with Gasteiger partial charge in [0.25, 0.3) is 0 Å². The first-order valence-corrected chi connectivity index (χ1v) is 12.2. The van der Waals surface area contributed by atoms with Crippen molar-refractivity contribution in [3.63, 3.8) is 0 Å². The van der Waals surface area contributed by atoms with Crippen LogP contribution in [-0.2, 0) is 0 Å². The van der Waals surface area contributed by atoms with Gasteiger partial charge in [0.1, 0.15) is 5.58 Å². The Kier molecular flexibility index (Phi) is 4.82. The molecule has 0 aliphatic heterocycles. The van der Waals surface area contributed by atoms with Crippen molar-refractivity contribution in [1.82, 2.24) is 0 Å². The Morgan fingerprint density at radius 1 is 0.444 bits per heavy atom. The summed E-state index contributed by atoms with van der Waals surface area (Å²) in [5.41, 5.74) is 8.43. The molecule has 0 amide bonds. The molecule has 0 aliphatic rings. The molecule has 0 fully saturated rings. The molecule has 1 N–H and O–H groups in total. The van der Waals surface area contributed by atoms with E-state index in [1.165, 1.54) is 21.9 Å². The predicted octanol–water partition coefficient (Wildman–Crippen LogP) is 9.82. The molecule has 0 atom stereocenters. The van der Waals surface area contributed by atoms with Crippen molar-refractivity contribution in [2.45, 2.75) is 0 Å². The second-order valence-corrected chi connectivity index (χ2v) is 9.07. The summed E-state index contributed by atoms with van der Waals surface area (Å²) in [6.07, 6.45) is 0. The Labute approximate surface area is 209 Å². The zero-order valence-corrected chi connectivity index (χ0v) is 19.6. The number of nitrogens with one attached hydrogen (secondary N) is 1. The zero-order chi connectivity index (χ0) is 23.9. The van der Waals surface area contributed by atoms with Crippen LogP contribution in [0.15, 0.2) is 138 Å². The summed E-state index contributed by atoms with van der Waals surface area (Å²) in [5, 5.41) is 8.37. The summed E-state index contributed by atoms with van der Waals surface area (Å²) >= 11 is 0. The highest BCUT2D eigenvalue weighted by Gasteiger charge is 2.15. The highest BCUT2D eigenvalue weighted by atomic mass is 16.3. The monoisotopic (exact) mass is 461 g/mol. The van der Waals surface area contributed by atoms with Crippen molar-refractivity contribution in [3.8, 4) is 22.3 Å². The fraction of sp³-hybridized carbons (Fsp3) is 0. The van der Waals surface area contributed by atoms with Crippen LogP contribution in [0.4, 0.5) is 11.4 Å². The highest BCUT2D eigenvalue weighted by molar-refractivity contribution is 6.12. The van der Waals surface area contributed by atoms with Gasteiger partial charge < -0.3 is 9.73 Å². The van der Waals surface area contributed by atoms with Gasteiger partial charge in [0.15, 0.2) is 5.58 Å². The normalized spacial score (nSPS) is 11.3. The molecule has 0 aliphatic carbocycles. The molecule has 170 valence electrons. The van der Waals surface area contributed by atoms with Crippen molar-refractivity contribution >= 4 is 44.1 Å². The van der Waals surface area contributed by atoms with Gasteiger partial charge in [0, 0.05) is 22.0 Å². The van der Waals surface area contributed by atoms with Crippen LogP contribution in [0, 0.1) is 0 Å². The molecular formula is C34H23NO. The smallest absolute Gasteiger partial charge is 0.158 e. The summed E-state index contributed by atoms with van der Waals surface area (Å²) in [5.74, 6) is 0. The minimum Gasteiger partial charge on any atom is -0.453 e. The van der Waals surface area contributed by atoms with Crippen LogP contribution in [0.2, 0.25) is 0 Å². The molecule has 0 radical (unpaired) electrons. The van der Waals surface area contributed by atoms with Crippen molar-refractivity contribution in [2.75, 3.05) is 5.32 Å². The lowest BCUT2D eigenvalue weighted by Gasteiger charge is -2.11. The van der Waals surface area contributed by atoms with E-state index in [1.807, 2.05) is 6.07 Å². The summed E-state index contributed by atoms with van der Waals surface area (Å²) in [6.45, 7) is 0. The maximum atomic E-state index is 6.55. The summed E-state index contributed by atoms with van der Waals surface area (Å²) < 4.78 is 6.55. The van der Waals surface area contributed by atoms with Crippen LogP contribution in [0.5, 0.6) is 0 Å². The van der Waals surface area contributed by atoms with Gasteiger partial charge in [-0.2, -0.15) is 0 Å². The molecule has 36 heavy (non-hydrogen) atoms. The van der Waals surface area contributed by atoms with E-state index < -0.39 is 0 Å². The van der Waals surface area contributed by atoms with E-state index in [9.17, 15) is 0 Å². The van der Waals surface area contributed by atoms with Gasteiger partial charge >= 0.3 is 0 Å². The second-order valence-electron chi connectivity index (χ2n) is 9.07. The molecule has 6 aromatic carbocycles. The fourth-order valence-electron chi connectivity index (χ4n) is 5.16. The van der Waals surface area contributed by atoms with Crippen LogP contribution in [0.3, 0.4) is 0 Å². The number of para-hydroxylation sites is 2. The number of rotatable bonds is 4. The van der Waals surface area contributed by atoms with E-state index in [2.05, 4.69) is 133 Å². The standard InChI is InChI=1S/C34H23NO/c1-2-10-24(11-3-1)29-18-8-19-30-31-20-9-21-32(34(31)36-33(29)30)35-26-15-6-14-25(22-26)28-17-7-13-23-12-4-5-16-27(23)28/h1-22,35H. The third kappa shape index (κ3) is 3.43. The minimum atomic E-state index is 0.867. The Morgan fingerprint density at radius 2 is 1.08 bits per heavy atom. The van der Waals surface area contributed by atoms with E-state index in [0.717, 1.165) is 44.4 Å². The van der Waals surface area contributed by atoms with E-state index in [-0.39, 0.29) is 0 Å². The second kappa shape index (κ2) is 8.44. The average molecular weight is 462 g/mol. The van der Waals surface area contributed by atoms with Gasteiger partial charge in [-0.05, 0) is 45.7 Å². The first-order valence-electron chi connectivity index (χ1n) is 12.2. The van der Waals surface area contributed by atoms with Crippen molar-refractivity contribution in [2.24, 2.45) is 0 Å². The number of fused-ring (bicyclic) bond motifs is 4. The van der Waals surface area contributed by atoms with E-state index in [4.69, 9.17) is 4.42 Å². The number of benzene rings is 6. The van der Waals surface area contributed by atoms with E-state index >= 15 is 0 Å². The number of hydrogen-bond donors (Lipinski definition) is 1. The first kappa shape index (κ1) is 20.5. The molecule has 0 spiro atoms. The van der Waals surface area contributed by atoms with Crippen LogP contribution >= 0.6 is 0 Å². The van der Waals surface area contributed by atoms with Crippen LogP contribution in [0.1, 0.15) is 0 Å². The van der Waals surface area contributed by atoms with Crippen molar-refractivity contribution in [3.05, 3.63) is 133 Å². The minimum absolute atomic E-state index is 0.867. The van der Waals surface area contributed by atoms with E-state index in [0.29, 0.717) is 0 Å². The zero-order valence-electron chi connectivity index (χ0n) is 19.6. The van der Waals surface area contributed by atoms with Crippen LogP contribution < -0.4 is 5.32 Å². The summed E-state index contributed by atoms with van der Waals surface area (Å²) in [6, 6.07) is 46.7. The van der Waals surface area contributed by atoms with Gasteiger partial charge in [0.05, 0.1) is 5.69 Å². The number of anilines is 2. The lowest BCUT2D eigenvalue weighted by Crippen LogP contribution is -1.91.